The first-order valence-electron chi connectivity index (χ1n) is 29.8. The average Bonchev–Trinajstić information content (AvgIpc) is 3.39. The second kappa shape index (κ2) is 56.6. The Balaban J connectivity index is 4.29. The molecule has 0 aliphatic heterocycles. The molecule has 430 valence electrons. The zero-order valence-electron chi connectivity index (χ0n) is 48.9. The smallest absolute Gasteiger partial charge is 0.361 e. The van der Waals surface area contributed by atoms with Gasteiger partial charge in [0.1, 0.15) is 13.2 Å². The maximum atomic E-state index is 12.9. The van der Waals surface area contributed by atoms with Gasteiger partial charge in [-0.25, -0.2) is 4.79 Å². The van der Waals surface area contributed by atoms with Crippen molar-refractivity contribution in [3.8, 4) is 0 Å². The highest BCUT2D eigenvalue weighted by atomic mass is 16.7. The van der Waals surface area contributed by atoms with E-state index in [0.717, 1.165) is 109 Å². The third-order valence-electron chi connectivity index (χ3n) is 12.2. The Morgan fingerprint density at radius 3 is 1.12 bits per heavy atom. The lowest BCUT2D eigenvalue weighted by Crippen LogP contribution is -2.40. The van der Waals surface area contributed by atoms with Gasteiger partial charge in [0.25, 0.3) is 6.29 Å². The summed E-state index contributed by atoms with van der Waals surface area (Å²) in [6.45, 7) is 4.71. The van der Waals surface area contributed by atoms with Gasteiger partial charge in [-0.2, -0.15) is 0 Å². The molecule has 76 heavy (non-hydrogen) atoms. The second-order valence-corrected chi connectivity index (χ2v) is 20.6. The van der Waals surface area contributed by atoms with Crippen LogP contribution >= 0.6 is 0 Å². The van der Waals surface area contributed by atoms with Crippen molar-refractivity contribution in [1.29, 1.82) is 0 Å². The summed E-state index contributed by atoms with van der Waals surface area (Å²) in [7, 11) is 5.94. The predicted molar refractivity (Wildman–Crippen MR) is 322 cm³/mol. The predicted octanol–water partition coefficient (Wildman–Crippen LogP) is 17.8. The van der Waals surface area contributed by atoms with E-state index in [1.54, 1.807) is 0 Å². The molecule has 0 bridgehead atoms. The minimum Gasteiger partial charge on any atom is -0.477 e. The molecule has 0 fully saturated rings. The number of aliphatic carboxylic acids is 1. The van der Waals surface area contributed by atoms with E-state index in [9.17, 15) is 19.5 Å². The van der Waals surface area contributed by atoms with Crippen molar-refractivity contribution in [2.45, 2.75) is 225 Å². The molecule has 0 rings (SSSR count). The number of carboxylic acid groups (broad SMARTS) is 1. The lowest BCUT2D eigenvalue weighted by atomic mass is 10.0. The first-order chi connectivity index (χ1) is 37.1. The third-order valence-corrected chi connectivity index (χ3v) is 12.2. The Kier molecular flexibility index (Phi) is 53.2. The summed E-state index contributed by atoms with van der Waals surface area (Å²) >= 11 is 0. The van der Waals surface area contributed by atoms with Gasteiger partial charge in [-0.1, -0.05) is 237 Å². The molecule has 1 N–H and O–H groups in total. The van der Waals surface area contributed by atoms with Crippen LogP contribution in [-0.2, 0) is 33.3 Å². The number of likely N-dealkylation sites (N-methyl/N-ethyl adjacent to an activating group) is 1. The molecule has 0 aromatic carbocycles. The molecule has 9 heteroatoms. The van der Waals surface area contributed by atoms with Crippen LogP contribution in [0.25, 0.3) is 0 Å². The quantitative estimate of drug-likeness (QED) is 0.0211. The number of esters is 2. The Hall–Kier alpha value is -4.57. The molecule has 0 spiro atoms. The summed E-state index contributed by atoms with van der Waals surface area (Å²) in [6, 6.07) is 0. The largest absolute Gasteiger partial charge is 0.477 e. The second-order valence-electron chi connectivity index (χ2n) is 20.6. The highest BCUT2D eigenvalue weighted by molar-refractivity contribution is 5.71. The van der Waals surface area contributed by atoms with Crippen LogP contribution in [0.3, 0.4) is 0 Å². The van der Waals surface area contributed by atoms with Crippen LogP contribution in [0, 0.1) is 0 Å². The van der Waals surface area contributed by atoms with Gasteiger partial charge in [-0.3, -0.25) is 9.59 Å². The van der Waals surface area contributed by atoms with Crippen molar-refractivity contribution in [2.24, 2.45) is 0 Å². The van der Waals surface area contributed by atoms with Gasteiger partial charge in [-0.15, -0.1) is 0 Å². The first kappa shape index (κ1) is 71.4. The highest BCUT2D eigenvalue weighted by Crippen LogP contribution is 2.15. The summed E-state index contributed by atoms with van der Waals surface area (Å²) in [5.41, 5.74) is 0. The van der Waals surface area contributed by atoms with Crippen LogP contribution in [0.4, 0.5) is 0 Å². The number of hydrogen-bond donors (Lipinski definition) is 1. The van der Waals surface area contributed by atoms with Crippen LogP contribution in [0.5, 0.6) is 0 Å². The molecule has 0 saturated heterocycles. The third kappa shape index (κ3) is 57.1. The zero-order chi connectivity index (χ0) is 55.5. The Morgan fingerprint density at radius 2 is 0.750 bits per heavy atom. The zero-order valence-corrected chi connectivity index (χ0v) is 48.9. The molecule has 9 nitrogen and oxygen atoms in total. The number of ether oxygens (including phenoxy) is 4. The number of carboxylic acids is 1. The van der Waals surface area contributed by atoms with Gasteiger partial charge in [0.15, 0.2) is 6.10 Å². The molecule has 0 aliphatic rings. The Morgan fingerprint density at radius 1 is 0.408 bits per heavy atom. The molecular formula is C67H110NO8+. The van der Waals surface area contributed by atoms with E-state index in [4.69, 9.17) is 18.9 Å². The van der Waals surface area contributed by atoms with E-state index in [1.165, 1.54) is 70.6 Å². The summed E-state index contributed by atoms with van der Waals surface area (Å²) in [5.74, 6) is -2.06. The normalized spacial score (nSPS) is 13.8. The average molecular weight is 1060 g/mol. The SMILES string of the molecule is CC/C=C\C/C=C\C/C=C\C/C=C\C/C=C\C/C=C\C/C=C\C/C=C\C/C=C\C/C=C\C/C=C\CCCCCC(=O)OC(COC(=O)CCCCCCCCCCCCCCCC)COC(OCC[N+](C)(C)C)C(=O)O. The van der Waals surface area contributed by atoms with Gasteiger partial charge >= 0.3 is 17.9 Å². The number of hydrogen-bond acceptors (Lipinski definition) is 7. The molecule has 0 aliphatic carbocycles. The lowest BCUT2D eigenvalue weighted by Gasteiger charge is -2.25. The molecule has 0 radical (unpaired) electrons. The molecule has 0 amide bonds. The van der Waals surface area contributed by atoms with Gasteiger partial charge in [0.05, 0.1) is 34.4 Å². The highest BCUT2D eigenvalue weighted by Gasteiger charge is 2.25. The number of nitrogens with zero attached hydrogens (tertiary/aromatic N) is 1. The molecule has 0 aromatic heterocycles. The first-order valence-corrected chi connectivity index (χ1v) is 29.8. The van der Waals surface area contributed by atoms with Gasteiger partial charge < -0.3 is 28.5 Å². The fraction of sp³-hybridized carbons (Fsp3) is 0.627. The van der Waals surface area contributed by atoms with Crippen LogP contribution in [0.15, 0.2) is 134 Å². The molecule has 2 unspecified atom stereocenters. The van der Waals surface area contributed by atoms with E-state index in [-0.39, 0.29) is 32.2 Å². The molecule has 2 atom stereocenters. The Labute approximate surface area is 465 Å². The monoisotopic (exact) mass is 1060 g/mol. The standard InChI is InChI=1S/C67H109NO8/c1-6-8-10-12-14-16-18-20-22-23-24-25-26-27-28-29-30-31-32-33-34-35-36-37-38-39-40-41-42-43-44-46-48-50-52-54-56-58-65(70)76-63(62-75-67(66(71)72)73-60-59-68(3,4)5)61-74-64(69)57-55-53-51-49-47-45-21-19-17-15-13-11-9-7-2/h8,10,14,16,20,22,24-25,27-28,30-31,33-34,36-37,39-40,42-43,46,48,63,67H,6-7,9,11-13,15,17-19,21,23,26,29,32,35,38,41,44-45,47,49-62H2,1-5H3/p+1/b10-8-,16-14-,22-20-,25-24-,28-27-,31-30-,34-33-,37-36-,40-39-,43-42-,48-46-. The van der Waals surface area contributed by atoms with Crippen LogP contribution in [0.2, 0.25) is 0 Å². The molecule has 0 aromatic rings. The number of rotatable bonds is 53. The Bertz CT molecular complexity index is 1700. The van der Waals surface area contributed by atoms with E-state index < -0.39 is 24.3 Å². The van der Waals surface area contributed by atoms with Crippen molar-refractivity contribution >= 4 is 17.9 Å². The fourth-order valence-corrected chi connectivity index (χ4v) is 7.60. The number of quaternary nitrogens is 1. The molecule has 0 heterocycles. The summed E-state index contributed by atoms with van der Waals surface area (Å²) in [4.78, 5) is 37.4. The topological polar surface area (TPSA) is 108 Å². The minimum atomic E-state index is -1.53. The van der Waals surface area contributed by atoms with Crippen molar-refractivity contribution in [1.82, 2.24) is 0 Å². The van der Waals surface area contributed by atoms with Crippen LogP contribution in [-0.4, -0.2) is 87.4 Å². The summed E-state index contributed by atoms with van der Waals surface area (Å²) < 4.78 is 22.8. The van der Waals surface area contributed by atoms with Crippen molar-refractivity contribution < 1.29 is 42.9 Å². The van der Waals surface area contributed by atoms with E-state index in [0.29, 0.717) is 23.9 Å². The van der Waals surface area contributed by atoms with E-state index >= 15 is 0 Å². The summed E-state index contributed by atoms with van der Waals surface area (Å²) in [5, 5.41) is 9.69. The number of carbonyl (C=O) groups excluding carboxylic acids is 2. The minimum absolute atomic E-state index is 0.175. The fourth-order valence-electron chi connectivity index (χ4n) is 7.60. The van der Waals surface area contributed by atoms with E-state index in [1.807, 2.05) is 21.1 Å². The van der Waals surface area contributed by atoms with Gasteiger partial charge in [-0.05, 0) is 96.3 Å². The van der Waals surface area contributed by atoms with E-state index in [2.05, 4.69) is 148 Å². The lowest BCUT2D eigenvalue weighted by molar-refractivity contribution is -0.870. The number of carbonyl (C=O) groups is 3. The maximum absolute atomic E-state index is 12.9. The number of unbranched alkanes of at least 4 members (excludes halogenated alkanes) is 16. The summed E-state index contributed by atoms with van der Waals surface area (Å²) in [6.07, 6.45) is 78.2. The van der Waals surface area contributed by atoms with Crippen LogP contribution < -0.4 is 0 Å². The van der Waals surface area contributed by atoms with Crippen molar-refractivity contribution in [3.63, 3.8) is 0 Å². The maximum Gasteiger partial charge on any atom is 0.361 e. The molecule has 0 saturated carbocycles. The van der Waals surface area contributed by atoms with Crippen molar-refractivity contribution in [3.05, 3.63) is 134 Å². The number of allylic oxidation sites excluding steroid dienone is 22. The van der Waals surface area contributed by atoms with Gasteiger partial charge in [0.2, 0.25) is 0 Å². The molecular weight excluding hydrogens is 947 g/mol. The van der Waals surface area contributed by atoms with Gasteiger partial charge in [0, 0.05) is 12.8 Å². The van der Waals surface area contributed by atoms with Crippen molar-refractivity contribution in [2.75, 3.05) is 47.5 Å². The van der Waals surface area contributed by atoms with Crippen LogP contribution in [0.1, 0.15) is 213 Å².